The molecule has 0 aromatic heterocycles. The van der Waals surface area contributed by atoms with Crippen LogP contribution in [0.1, 0.15) is 51.9 Å². The third-order valence-corrected chi connectivity index (χ3v) is 3.71. The van der Waals surface area contributed by atoms with E-state index in [0.717, 1.165) is 38.5 Å². The number of methoxy groups -OCH3 is 2. The fourth-order valence-corrected chi connectivity index (χ4v) is 2.68. The summed E-state index contributed by atoms with van der Waals surface area (Å²) in [6.45, 7) is 2.06. The lowest BCUT2D eigenvalue weighted by atomic mass is 9.90. The third kappa shape index (κ3) is 4.08. The highest BCUT2D eigenvalue weighted by molar-refractivity contribution is 6.00. The van der Waals surface area contributed by atoms with Gasteiger partial charge in [-0.05, 0) is 31.6 Å². The monoisotopic (exact) mass is 268 g/mol. The van der Waals surface area contributed by atoms with Gasteiger partial charge in [-0.25, -0.2) is 9.59 Å². The molecule has 0 bridgehead atoms. The highest BCUT2D eigenvalue weighted by Gasteiger charge is 2.30. The maximum atomic E-state index is 12.0. The Morgan fingerprint density at radius 1 is 1.05 bits per heavy atom. The van der Waals surface area contributed by atoms with Crippen LogP contribution < -0.4 is 0 Å². The summed E-state index contributed by atoms with van der Waals surface area (Å²) in [5, 5.41) is 0. The molecule has 0 N–H and O–H groups in total. The number of carbonyl (C=O) groups excluding carboxylic acids is 2. The van der Waals surface area contributed by atoms with Gasteiger partial charge in [0.1, 0.15) is 0 Å². The first-order valence-corrected chi connectivity index (χ1v) is 7.05. The van der Waals surface area contributed by atoms with Crippen molar-refractivity contribution >= 4 is 11.9 Å². The molecule has 0 atom stereocenters. The van der Waals surface area contributed by atoms with Crippen LogP contribution >= 0.6 is 0 Å². The van der Waals surface area contributed by atoms with Gasteiger partial charge in [0.2, 0.25) is 0 Å². The topological polar surface area (TPSA) is 52.6 Å². The molecule has 4 heteroatoms. The SMILES string of the molecule is CCCCC(C(=O)OC)=C(C(=O)OC)C1CCCC1. The molecule has 0 amide bonds. The summed E-state index contributed by atoms with van der Waals surface area (Å²) in [7, 11) is 2.73. The second-order valence-electron chi connectivity index (χ2n) is 4.96. The lowest BCUT2D eigenvalue weighted by Crippen LogP contribution is -2.20. The van der Waals surface area contributed by atoms with E-state index in [1.807, 2.05) is 0 Å². The van der Waals surface area contributed by atoms with Crippen molar-refractivity contribution in [1.82, 2.24) is 0 Å². The molecule has 108 valence electrons. The summed E-state index contributed by atoms with van der Waals surface area (Å²) < 4.78 is 9.72. The van der Waals surface area contributed by atoms with E-state index in [4.69, 9.17) is 9.47 Å². The first kappa shape index (κ1) is 15.7. The minimum absolute atomic E-state index is 0.151. The van der Waals surface area contributed by atoms with Gasteiger partial charge in [-0.3, -0.25) is 0 Å². The van der Waals surface area contributed by atoms with Gasteiger partial charge in [0.05, 0.1) is 19.8 Å². The molecule has 4 nitrogen and oxygen atoms in total. The second kappa shape index (κ2) is 7.97. The Balaban J connectivity index is 3.12. The molecule has 1 aliphatic carbocycles. The molecular formula is C15H24O4. The molecule has 0 radical (unpaired) electrons. The Bertz CT molecular complexity index is 351. The average Bonchev–Trinajstić information content (AvgIpc) is 2.95. The van der Waals surface area contributed by atoms with Crippen molar-refractivity contribution in [2.45, 2.75) is 51.9 Å². The Morgan fingerprint density at radius 3 is 2.11 bits per heavy atom. The number of carbonyl (C=O) groups is 2. The van der Waals surface area contributed by atoms with Gasteiger partial charge >= 0.3 is 11.9 Å². The summed E-state index contributed by atoms with van der Waals surface area (Å²) in [4.78, 5) is 24.0. The largest absolute Gasteiger partial charge is 0.466 e. The molecule has 1 aliphatic rings. The molecule has 0 unspecified atom stereocenters. The van der Waals surface area contributed by atoms with E-state index in [9.17, 15) is 9.59 Å². The van der Waals surface area contributed by atoms with Crippen LogP contribution in [-0.2, 0) is 19.1 Å². The van der Waals surface area contributed by atoms with E-state index >= 15 is 0 Å². The van der Waals surface area contributed by atoms with Crippen molar-refractivity contribution in [2.24, 2.45) is 5.92 Å². The number of hydrogen-bond acceptors (Lipinski definition) is 4. The molecule has 0 spiro atoms. The Kier molecular flexibility index (Phi) is 6.60. The molecule has 0 aromatic carbocycles. The molecule has 19 heavy (non-hydrogen) atoms. The molecule has 1 rings (SSSR count). The van der Waals surface area contributed by atoms with E-state index in [0.29, 0.717) is 17.6 Å². The van der Waals surface area contributed by atoms with E-state index in [1.54, 1.807) is 0 Å². The fourth-order valence-electron chi connectivity index (χ4n) is 2.68. The van der Waals surface area contributed by atoms with Gasteiger partial charge < -0.3 is 9.47 Å². The lowest BCUT2D eigenvalue weighted by molar-refractivity contribution is -0.140. The van der Waals surface area contributed by atoms with Gasteiger partial charge in [0.15, 0.2) is 0 Å². The van der Waals surface area contributed by atoms with Crippen LogP contribution in [0, 0.1) is 5.92 Å². The zero-order chi connectivity index (χ0) is 14.3. The quantitative estimate of drug-likeness (QED) is 0.549. The van der Waals surface area contributed by atoms with Crippen molar-refractivity contribution < 1.29 is 19.1 Å². The van der Waals surface area contributed by atoms with Crippen LogP contribution in [0.3, 0.4) is 0 Å². The first-order valence-electron chi connectivity index (χ1n) is 7.05. The van der Waals surface area contributed by atoms with E-state index < -0.39 is 0 Å². The minimum Gasteiger partial charge on any atom is -0.466 e. The number of ether oxygens (including phenoxy) is 2. The molecular weight excluding hydrogens is 244 g/mol. The van der Waals surface area contributed by atoms with Crippen molar-refractivity contribution in [2.75, 3.05) is 14.2 Å². The first-order chi connectivity index (χ1) is 9.15. The van der Waals surface area contributed by atoms with E-state index in [2.05, 4.69) is 6.92 Å². The molecule has 0 saturated heterocycles. The minimum atomic E-state index is -0.388. The summed E-state index contributed by atoms with van der Waals surface area (Å²) in [5.74, 6) is -0.609. The maximum absolute atomic E-state index is 12.0. The average molecular weight is 268 g/mol. The number of unbranched alkanes of at least 4 members (excludes halogenated alkanes) is 1. The van der Waals surface area contributed by atoms with E-state index in [1.165, 1.54) is 14.2 Å². The second-order valence-corrected chi connectivity index (χ2v) is 4.96. The van der Waals surface area contributed by atoms with Gasteiger partial charge in [-0.2, -0.15) is 0 Å². The van der Waals surface area contributed by atoms with Crippen LogP contribution in [0.15, 0.2) is 11.1 Å². The number of esters is 2. The van der Waals surface area contributed by atoms with Gasteiger partial charge in [-0.1, -0.05) is 26.2 Å². The molecule has 1 fully saturated rings. The van der Waals surface area contributed by atoms with Crippen LogP contribution in [0.4, 0.5) is 0 Å². The highest BCUT2D eigenvalue weighted by atomic mass is 16.5. The smallest absolute Gasteiger partial charge is 0.334 e. The molecule has 1 saturated carbocycles. The third-order valence-electron chi connectivity index (χ3n) is 3.71. The van der Waals surface area contributed by atoms with Crippen LogP contribution in [-0.4, -0.2) is 26.2 Å². The Hall–Kier alpha value is -1.32. The van der Waals surface area contributed by atoms with Gasteiger partial charge in [0.25, 0.3) is 0 Å². The highest BCUT2D eigenvalue weighted by Crippen LogP contribution is 2.34. The maximum Gasteiger partial charge on any atom is 0.334 e. The van der Waals surface area contributed by atoms with Crippen LogP contribution in [0.5, 0.6) is 0 Å². The zero-order valence-electron chi connectivity index (χ0n) is 12.2. The zero-order valence-corrected chi connectivity index (χ0v) is 12.2. The number of hydrogen-bond donors (Lipinski definition) is 0. The Labute approximate surface area is 115 Å². The molecule has 0 heterocycles. The van der Waals surface area contributed by atoms with Crippen molar-refractivity contribution in [3.63, 3.8) is 0 Å². The van der Waals surface area contributed by atoms with Crippen molar-refractivity contribution in [1.29, 1.82) is 0 Å². The Morgan fingerprint density at radius 2 is 1.63 bits per heavy atom. The van der Waals surface area contributed by atoms with Crippen LogP contribution in [0.25, 0.3) is 0 Å². The summed E-state index contributed by atoms with van der Waals surface area (Å²) in [6.07, 6.45) is 6.55. The molecule has 0 aliphatic heterocycles. The van der Waals surface area contributed by atoms with E-state index in [-0.39, 0.29) is 17.9 Å². The molecule has 0 aromatic rings. The fraction of sp³-hybridized carbons (Fsp3) is 0.733. The summed E-state index contributed by atoms with van der Waals surface area (Å²) >= 11 is 0. The summed E-state index contributed by atoms with van der Waals surface area (Å²) in [5.41, 5.74) is 1.07. The predicted molar refractivity (Wildman–Crippen MR) is 72.5 cm³/mol. The van der Waals surface area contributed by atoms with Crippen molar-refractivity contribution in [3.8, 4) is 0 Å². The normalized spacial score (nSPS) is 17.0. The van der Waals surface area contributed by atoms with Crippen LogP contribution in [0.2, 0.25) is 0 Å². The predicted octanol–water partition coefficient (Wildman–Crippen LogP) is 3.01. The van der Waals surface area contributed by atoms with Crippen molar-refractivity contribution in [3.05, 3.63) is 11.1 Å². The van der Waals surface area contributed by atoms with Gasteiger partial charge in [-0.15, -0.1) is 0 Å². The summed E-state index contributed by atoms with van der Waals surface area (Å²) in [6, 6.07) is 0. The standard InChI is InChI=1S/C15H24O4/c1-4-5-10-12(14(16)18-2)13(15(17)19-3)11-8-6-7-9-11/h11H,4-10H2,1-3H3. The number of rotatable bonds is 6. The van der Waals surface area contributed by atoms with Gasteiger partial charge in [0, 0.05) is 5.57 Å². The lowest BCUT2D eigenvalue weighted by Gasteiger charge is -2.17.